The third kappa shape index (κ3) is 3.94. The van der Waals surface area contributed by atoms with Crippen LogP contribution in [0.5, 0.6) is 0 Å². The molecule has 1 saturated carbocycles. The Hall–Kier alpha value is -1.12. The Morgan fingerprint density at radius 2 is 1.80 bits per heavy atom. The third-order valence-corrected chi connectivity index (χ3v) is 4.58. The van der Waals surface area contributed by atoms with Crippen LogP contribution in [0.4, 0.5) is 0 Å². The van der Waals surface area contributed by atoms with Gasteiger partial charge >= 0.3 is 0 Å². The lowest BCUT2D eigenvalue weighted by Gasteiger charge is -2.33. The van der Waals surface area contributed by atoms with E-state index in [9.17, 15) is 0 Å². The summed E-state index contributed by atoms with van der Waals surface area (Å²) in [6, 6.07) is 11.3. The second-order valence-corrected chi connectivity index (χ2v) is 6.37. The fourth-order valence-electron chi connectivity index (χ4n) is 2.99. The minimum absolute atomic E-state index is 0.747. The van der Waals surface area contributed by atoms with Gasteiger partial charge in [-0.05, 0) is 62.4 Å². The first-order chi connectivity index (χ1) is 9.81. The quantitative estimate of drug-likeness (QED) is 0.854. The molecule has 3 rings (SSSR count). The van der Waals surface area contributed by atoms with Crippen molar-refractivity contribution in [3.8, 4) is 0 Å². The van der Waals surface area contributed by atoms with E-state index in [0.717, 1.165) is 18.5 Å². The first-order valence-corrected chi connectivity index (χ1v) is 8.00. The molecule has 1 aromatic rings. The average Bonchev–Trinajstić information content (AvgIpc) is 3.32. The summed E-state index contributed by atoms with van der Waals surface area (Å²) in [5.41, 5.74) is 2.52. The molecule has 108 valence electrons. The van der Waals surface area contributed by atoms with Gasteiger partial charge in [-0.3, -0.25) is 4.90 Å². The molecule has 1 N–H and O–H groups in total. The van der Waals surface area contributed by atoms with E-state index in [2.05, 4.69) is 47.1 Å². The van der Waals surface area contributed by atoms with E-state index < -0.39 is 0 Å². The molecule has 1 aromatic carbocycles. The predicted octanol–water partition coefficient (Wildman–Crippen LogP) is 3.16. The van der Waals surface area contributed by atoms with Crippen molar-refractivity contribution in [2.45, 2.75) is 31.7 Å². The molecule has 1 aliphatic heterocycles. The number of rotatable bonds is 6. The normalized spacial score (nSPS) is 21.0. The number of likely N-dealkylation sites (tertiary alicyclic amines) is 1. The molecule has 0 unspecified atom stereocenters. The van der Waals surface area contributed by atoms with Gasteiger partial charge in [0.2, 0.25) is 0 Å². The Labute approximate surface area is 122 Å². The van der Waals surface area contributed by atoms with E-state index in [1.165, 1.54) is 56.5 Å². The van der Waals surface area contributed by atoms with Gasteiger partial charge in [0.05, 0.1) is 0 Å². The topological polar surface area (TPSA) is 15.3 Å². The van der Waals surface area contributed by atoms with E-state index >= 15 is 0 Å². The zero-order valence-corrected chi connectivity index (χ0v) is 12.4. The molecule has 2 aliphatic rings. The smallest absolute Gasteiger partial charge is 0.0233 e. The summed E-state index contributed by atoms with van der Waals surface area (Å²) < 4.78 is 0. The second kappa shape index (κ2) is 6.55. The third-order valence-electron chi connectivity index (χ3n) is 4.58. The van der Waals surface area contributed by atoms with Gasteiger partial charge < -0.3 is 5.32 Å². The van der Waals surface area contributed by atoms with E-state index in [4.69, 9.17) is 0 Å². The second-order valence-electron chi connectivity index (χ2n) is 6.37. The molecule has 0 bridgehead atoms. The Morgan fingerprint density at radius 3 is 2.45 bits per heavy atom. The highest BCUT2D eigenvalue weighted by molar-refractivity contribution is 5.64. The summed E-state index contributed by atoms with van der Waals surface area (Å²) in [5, 5.41) is 3.74. The molecule has 1 heterocycles. The minimum Gasteiger partial charge on any atom is -0.314 e. The number of hydrogen-bond donors (Lipinski definition) is 1. The van der Waals surface area contributed by atoms with Crippen molar-refractivity contribution in [2.24, 2.45) is 5.92 Å². The van der Waals surface area contributed by atoms with Crippen molar-refractivity contribution in [2.75, 3.05) is 26.2 Å². The van der Waals surface area contributed by atoms with Crippen LogP contribution in [0.25, 0.3) is 5.57 Å². The monoisotopic (exact) mass is 270 g/mol. The molecule has 2 fully saturated rings. The standard InChI is InChI=1S/C18H26N2/c1-15(17-5-3-2-4-6-17)14-20-11-9-18(10-12-20)19-13-16-7-8-16/h2-6,16,18-19H,1,7-14H2. The minimum atomic E-state index is 0.747. The fourth-order valence-corrected chi connectivity index (χ4v) is 2.99. The lowest BCUT2D eigenvalue weighted by atomic mass is 10.0. The molecule has 2 heteroatoms. The van der Waals surface area contributed by atoms with Crippen LogP contribution < -0.4 is 5.32 Å². The number of nitrogens with zero attached hydrogens (tertiary/aromatic N) is 1. The van der Waals surface area contributed by atoms with Crippen LogP contribution in [0.3, 0.4) is 0 Å². The van der Waals surface area contributed by atoms with E-state index in [0.29, 0.717) is 0 Å². The van der Waals surface area contributed by atoms with Crippen molar-refractivity contribution < 1.29 is 0 Å². The van der Waals surface area contributed by atoms with E-state index in [1.54, 1.807) is 0 Å². The van der Waals surface area contributed by atoms with Gasteiger partial charge in [0.1, 0.15) is 0 Å². The molecule has 0 radical (unpaired) electrons. The summed E-state index contributed by atoms with van der Waals surface area (Å²) in [7, 11) is 0. The lowest BCUT2D eigenvalue weighted by Crippen LogP contribution is -2.43. The average molecular weight is 270 g/mol. The fraction of sp³-hybridized carbons (Fsp3) is 0.556. The van der Waals surface area contributed by atoms with Crippen molar-refractivity contribution >= 4 is 5.57 Å². The van der Waals surface area contributed by atoms with Gasteiger partial charge in [0, 0.05) is 12.6 Å². The van der Waals surface area contributed by atoms with Crippen LogP contribution in [-0.2, 0) is 0 Å². The van der Waals surface area contributed by atoms with Crippen molar-refractivity contribution in [3.05, 3.63) is 42.5 Å². The summed E-state index contributed by atoms with van der Waals surface area (Å²) >= 11 is 0. The van der Waals surface area contributed by atoms with Crippen molar-refractivity contribution in [3.63, 3.8) is 0 Å². The predicted molar refractivity (Wildman–Crippen MR) is 85.7 cm³/mol. The van der Waals surface area contributed by atoms with Gasteiger partial charge in [-0.25, -0.2) is 0 Å². The number of nitrogens with one attached hydrogen (secondary N) is 1. The highest BCUT2D eigenvalue weighted by atomic mass is 15.1. The molecule has 20 heavy (non-hydrogen) atoms. The summed E-state index contributed by atoms with van der Waals surface area (Å²) in [5.74, 6) is 0.992. The summed E-state index contributed by atoms with van der Waals surface area (Å²) in [6.07, 6.45) is 5.47. The number of benzene rings is 1. The van der Waals surface area contributed by atoms with Crippen molar-refractivity contribution in [1.29, 1.82) is 0 Å². The molecule has 1 saturated heterocycles. The Balaban J connectivity index is 1.40. The van der Waals surface area contributed by atoms with Crippen LogP contribution in [0.15, 0.2) is 36.9 Å². The largest absolute Gasteiger partial charge is 0.314 e. The zero-order chi connectivity index (χ0) is 13.8. The van der Waals surface area contributed by atoms with Crippen LogP contribution in [0.1, 0.15) is 31.2 Å². The van der Waals surface area contributed by atoms with E-state index in [1.807, 2.05) is 0 Å². The van der Waals surface area contributed by atoms with Crippen LogP contribution in [0, 0.1) is 5.92 Å². The maximum absolute atomic E-state index is 4.25. The van der Waals surface area contributed by atoms with Crippen LogP contribution >= 0.6 is 0 Å². The summed E-state index contributed by atoms with van der Waals surface area (Å²) in [4.78, 5) is 2.55. The Morgan fingerprint density at radius 1 is 1.10 bits per heavy atom. The molecular formula is C18H26N2. The molecule has 0 spiro atoms. The SMILES string of the molecule is C=C(CN1CCC(NCC2CC2)CC1)c1ccccc1. The van der Waals surface area contributed by atoms with Gasteiger partial charge in [0.15, 0.2) is 0 Å². The maximum atomic E-state index is 4.25. The molecule has 1 aliphatic carbocycles. The van der Waals surface area contributed by atoms with Crippen molar-refractivity contribution in [1.82, 2.24) is 10.2 Å². The first-order valence-electron chi connectivity index (χ1n) is 8.00. The summed E-state index contributed by atoms with van der Waals surface area (Å²) in [6.45, 7) is 8.92. The Kier molecular flexibility index (Phi) is 4.54. The van der Waals surface area contributed by atoms with Crippen LogP contribution in [-0.4, -0.2) is 37.1 Å². The molecule has 0 aromatic heterocycles. The van der Waals surface area contributed by atoms with Gasteiger partial charge in [-0.15, -0.1) is 0 Å². The highest BCUT2D eigenvalue weighted by Crippen LogP contribution is 2.28. The Bertz CT molecular complexity index is 428. The lowest BCUT2D eigenvalue weighted by molar-refractivity contribution is 0.217. The zero-order valence-electron chi connectivity index (χ0n) is 12.4. The van der Waals surface area contributed by atoms with Crippen LogP contribution in [0.2, 0.25) is 0 Å². The molecule has 2 nitrogen and oxygen atoms in total. The van der Waals surface area contributed by atoms with Gasteiger partial charge in [-0.2, -0.15) is 0 Å². The molecule has 0 atom stereocenters. The molecular weight excluding hydrogens is 244 g/mol. The van der Waals surface area contributed by atoms with E-state index in [-0.39, 0.29) is 0 Å². The highest BCUT2D eigenvalue weighted by Gasteiger charge is 2.24. The maximum Gasteiger partial charge on any atom is 0.0233 e. The van der Waals surface area contributed by atoms with Gasteiger partial charge in [-0.1, -0.05) is 36.9 Å². The first kappa shape index (κ1) is 13.8. The number of hydrogen-bond acceptors (Lipinski definition) is 2. The van der Waals surface area contributed by atoms with Gasteiger partial charge in [0.25, 0.3) is 0 Å². The number of piperidine rings is 1. The molecule has 0 amide bonds.